The first-order valence-corrected chi connectivity index (χ1v) is 8.44. The number of alkyl halides is 5. The van der Waals surface area contributed by atoms with E-state index < -0.39 is 45.7 Å². The van der Waals surface area contributed by atoms with Gasteiger partial charge in [0.15, 0.2) is 0 Å². The Morgan fingerprint density at radius 3 is 2.16 bits per heavy atom. The summed E-state index contributed by atoms with van der Waals surface area (Å²) in [6, 6.07) is 6.87. The van der Waals surface area contributed by atoms with Crippen molar-refractivity contribution < 1.29 is 46.7 Å². The maximum atomic E-state index is 15.4. The maximum absolute atomic E-state index is 15.4. The smallest absolute Gasteiger partial charge is 0.418 e. The number of ether oxygens (including phenoxy) is 2. The molecule has 4 atom stereocenters. The Kier molecular flexibility index (Phi) is 5.10. The van der Waals surface area contributed by atoms with Gasteiger partial charge in [-0.3, -0.25) is 19.1 Å². The average Bonchev–Trinajstić information content (AvgIpc) is 2.78. The summed E-state index contributed by atoms with van der Waals surface area (Å²) in [6.45, 7) is 0. The summed E-state index contributed by atoms with van der Waals surface area (Å²) < 4.78 is 80.6. The number of thiocarbonyl (C=S) groups is 1. The van der Waals surface area contributed by atoms with Crippen molar-refractivity contribution in [2.45, 2.75) is 29.4 Å². The number of nitrogens with one attached hydrogen (secondary N) is 1. The van der Waals surface area contributed by atoms with Crippen LogP contribution < -0.4 is 16.0 Å². The molecule has 168 valence electrons. The molecule has 2 heterocycles. The zero-order valence-electron chi connectivity index (χ0n) is 14.8. The standard InChI is InChI=1S/C16H11F5N2O7S/c17-13(26)12(23-7-6-9(24)22-11(23)25,10(31)29-8-4-2-1-3-5-8)30-15(19,14(13,18)27)16(20,21)28/h1-7,26-28H,(H,22,24,25)/t12-,13+,14+,15+/m1/s1. The zero-order valence-corrected chi connectivity index (χ0v) is 15.6. The predicted molar refractivity (Wildman–Crippen MR) is 93.2 cm³/mol. The van der Waals surface area contributed by atoms with Crippen molar-refractivity contribution in [3.8, 4) is 5.75 Å². The van der Waals surface area contributed by atoms with E-state index in [1.807, 2.05) is 0 Å². The third kappa shape index (κ3) is 3.00. The number of halogens is 5. The van der Waals surface area contributed by atoms with Crippen LogP contribution in [0.4, 0.5) is 22.0 Å². The van der Waals surface area contributed by atoms with Crippen molar-refractivity contribution >= 4 is 17.3 Å². The van der Waals surface area contributed by atoms with Gasteiger partial charge in [-0.15, -0.1) is 0 Å². The van der Waals surface area contributed by atoms with Crippen molar-refractivity contribution in [2.24, 2.45) is 0 Å². The van der Waals surface area contributed by atoms with E-state index in [1.165, 1.54) is 23.2 Å². The minimum absolute atomic E-state index is 0.268. The molecule has 1 saturated heterocycles. The number of hydrogen-bond donors (Lipinski definition) is 4. The molecular formula is C16H11F5N2O7S. The lowest BCUT2D eigenvalue weighted by Crippen LogP contribution is -2.67. The summed E-state index contributed by atoms with van der Waals surface area (Å²) >= 11 is 4.69. The molecule has 9 nitrogen and oxygen atoms in total. The van der Waals surface area contributed by atoms with Crippen LogP contribution in [0.25, 0.3) is 0 Å². The SMILES string of the molecule is O=c1ccn([C@]2(C(=S)Oc3ccccc3)O[C@](F)(C(O)(F)F)[C@](O)(F)[C@]2(O)F)c(=O)[nH]1. The number of aromatic nitrogens is 2. The molecule has 0 aliphatic carbocycles. The maximum Gasteiger partial charge on any atom is 0.418 e. The lowest BCUT2D eigenvalue weighted by atomic mass is 9.95. The number of hydrogen-bond acceptors (Lipinski definition) is 8. The minimum atomic E-state index is -5.99. The molecule has 31 heavy (non-hydrogen) atoms. The van der Waals surface area contributed by atoms with Gasteiger partial charge in [-0.25, -0.2) is 4.79 Å². The van der Waals surface area contributed by atoms with E-state index >= 15 is 4.39 Å². The number of H-pyrrole nitrogens is 1. The summed E-state index contributed by atoms with van der Waals surface area (Å²) in [4.78, 5) is 25.0. The van der Waals surface area contributed by atoms with Gasteiger partial charge in [0, 0.05) is 12.3 Å². The van der Waals surface area contributed by atoms with Crippen LogP contribution in [-0.2, 0) is 10.5 Å². The second-order valence-electron chi connectivity index (χ2n) is 6.31. The molecule has 0 spiro atoms. The average molecular weight is 470 g/mol. The van der Waals surface area contributed by atoms with Crippen LogP contribution in [0.3, 0.4) is 0 Å². The Balaban J connectivity index is 2.35. The van der Waals surface area contributed by atoms with Gasteiger partial charge in [-0.05, 0) is 24.4 Å². The molecule has 1 fully saturated rings. The monoisotopic (exact) mass is 470 g/mol. The van der Waals surface area contributed by atoms with Gasteiger partial charge in [0.25, 0.3) is 11.3 Å². The quantitative estimate of drug-likeness (QED) is 0.368. The topological polar surface area (TPSA) is 134 Å². The lowest BCUT2D eigenvalue weighted by Gasteiger charge is -2.36. The molecule has 4 N–H and O–H groups in total. The summed E-state index contributed by atoms with van der Waals surface area (Å²) in [6.07, 6.45) is -5.73. The number of rotatable bonds is 4. The Labute approximate surface area is 172 Å². The highest BCUT2D eigenvalue weighted by Crippen LogP contribution is 2.61. The highest BCUT2D eigenvalue weighted by atomic mass is 32.1. The first kappa shape index (κ1) is 23.0. The summed E-state index contributed by atoms with van der Waals surface area (Å²) in [5.41, 5.74) is -7.12. The fraction of sp³-hybridized carbons (Fsp3) is 0.312. The molecule has 2 aromatic rings. The summed E-state index contributed by atoms with van der Waals surface area (Å²) in [7, 11) is 0. The molecule has 0 unspecified atom stereocenters. The molecule has 0 saturated carbocycles. The Morgan fingerprint density at radius 1 is 1.10 bits per heavy atom. The number of benzene rings is 1. The highest BCUT2D eigenvalue weighted by molar-refractivity contribution is 7.80. The van der Waals surface area contributed by atoms with Crippen molar-refractivity contribution in [1.29, 1.82) is 0 Å². The molecule has 0 radical (unpaired) electrons. The van der Waals surface area contributed by atoms with Crippen LogP contribution in [0.2, 0.25) is 0 Å². The molecule has 1 aliphatic rings. The first-order valence-electron chi connectivity index (χ1n) is 8.03. The van der Waals surface area contributed by atoms with Crippen LogP contribution in [0, 0.1) is 0 Å². The van der Waals surface area contributed by atoms with E-state index in [1.54, 1.807) is 0 Å². The Morgan fingerprint density at radius 2 is 1.68 bits per heavy atom. The normalized spacial score (nSPS) is 33.3. The summed E-state index contributed by atoms with van der Waals surface area (Å²) in [5.74, 6) is -17.1. The number of aromatic amines is 1. The van der Waals surface area contributed by atoms with Crippen LogP contribution >= 0.6 is 12.2 Å². The van der Waals surface area contributed by atoms with E-state index in [-0.39, 0.29) is 16.5 Å². The van der Waals surface area contributed by atoms with Crippen molar-refractivity contribution in [3.63, 3.8) is 0 Å². The van der Waals surface area contributed by atoms with Crippen molar-refractivity contribution in [2.75, 3.05) is 0 Å². The van der Waals surface area contributed by atoms with Crippen molar-refractivity contribution in [1.82, 2.24) is 9.55 Å². The fourth-order valence-corrected chi connectivity index (χ4v) is 3.22. The highest BCUT2D eigenvalue weighted by Gasteiger charge is 2.93. The number of aliphatic hydroxyl groups is 3. The van der Waals surface area contributed by atoms with Gasteiger partial charge >= 0.3 is 29.4 Å². The van der Waals surface area contributed by atoms with Crippen molar-refractivity contribution in [3.05, 3.63) is 63.4 Å². The Bertz CT molecular complexity index is 1130. The van der Waals surface area contributed by atoms with Crippen LogP contribution in [0.5, 0.6) is 5.75 Å². The van der Waals surface area contributed by atoms with E-state index in [0.29, 0.717) is 6.07 Å². The lowest BCUT2D eigenvalue weighted by molar-refractivity contribution is -0.429. The molecule has 1 aromatic carbocycles. The van der Waals surface area contributed by atoms with E-state index in [4.69, 9.17) is 9.84 Å². The molecule has 0 amide bonds. The van der Waals surface area contributed by atoms with Crippen LogP contribution in [0.15, 0.2) is 52.2 Å². The second kappa shape index (κ2) is 6.89. The van der Waals surface area contributed by atoms with Gasteiger partial charge in [-0.2, -0.15) is 22.0 Å². The molecule has 1 aromatic heterocycles. The number of nitrogens with zero attached hydrogens (tertiary/aromatic N) is 1. The van der Waals surface area contributed by atoms with E-state index in [0.717, 1.165) is 12.1 Å². The molecule has 0 bridgehead atoms. The molecule has 1 aliphatic heterocycles. The third-order valence-corrected chi connectivity index (χ3v) is 4.74. The summed E-state index contributed by atoms with van der Waals surface area (Å²) in [5, 5.41) is 26.9. The molecular weight excluding hydrogens is 459 g/mol. The molecule has 3 rings (SSSR count). The van der Waals surface area contributed by atoms with E-state index in [2.05, 4.69) is 17.0 Å². The Hall–Kier alpha value is -2.72. The van der Waals surface area contributed by atoms with Crippen LogP contribution in [0.1, 0.15) is 0 Å². The van der Waals surface area contributed by atoms with Gasteiger partial charge in [0.05, 0.1) is 0 Å². The zero-order chi connectivity index (χ0) is 23.5. The molecule has 15 heteroatoms. The fourth-order valence-electron chi connectivity index (χ4n) is 2.85. The minimum Gasteiger partial charge on any atom is -0.445 e. The predicted octanol–water partition coefficient (Wildman–Crippen LogP) is 0.193. The van der Waals surface area contributed by atoms with Gasteiger partial charge < -0.3 is 20.1 Å². The van der Waals surface area contributed by atoms with E-state index in [9.17, 15) is 37.4 Å². The number of para-hydroxylation sites is 1. The van der Waals surface area contributed by atoms with Gasteiger partial charge in [0.1, 0.15) is 5.75 Å². The van der Waals surface area contributed by atoms with Gasteiger partial charge in [-0.1, -0.05) is 18.2 Å². The first-order chi connectivity index (χ1) is 14.1. The second-order valence-corrected chi connectivity index (χ2v) is 6.68. The largest absolute Gasteiger partial charge is 0.445 e. The third-order valence-electron chi connectivity index (χ3n) is 4.38. The van der Waals surface area contributed by atoms with Crippen LogP contribution in [-0.4, -0.2) is 53.6 Å². The van der Waals surface area contributed by atoms with Gasteiger partial charge in [0.2, 0.25) is 5.05 Å².